The van der Waals surface area contributed by atoms with Crippen molar-refractivity contribution in [2.24, 2.45) is 0 Å². The minimum absolute atomic E-state index is 0.261. The summed E-state index contributed by atoms with van der Waals surface area (Å²) in [5.74, 6) is 0.442. The highest BCUT2D eigenvalue weighted by Crippen LogP contribution is 2.28. The molecule has 4 heteroatoms. The van der Waals surface area contributed by atoms with Crippen LogP contribution in [0.2, 0.25) is 0 Å². The van der Waals surface area contributed by atoms with Gasteiger partial charge in [-0.15, -0.1) is 0 Å². The van der Waals surface area contributed by atoms with Gasteiger partial charge in [-0.1, -0.05) is 32.0 Å². The smallest absolute Gasteiger partial charge is 0.336 e. The molecule has 1 aliphatic rings. The third-order valence-corrected chi connectivity index (χ3v) is 6.06. The quantitative estimate of drug-likeness (QED) is 0.597. The van der Waals surface area contributed by atoms with Crippen LogP contribution in [0.4, 0.5) is 5.69 Å². The first kappa shape index (κ1) is 19.7. The minimum atomic E-state index is -0.261. The molecule has 4 rings (SSSR count). The number of fused-ring (bicyclic) bond motifs is 1. The molecule has 0 N–H and O–H groups in total. The standard InChI is InChI=1S/C25H30N2O2/c1-17(2)21-15-22-20(14-25(28)29-24(22)13-19(21)4)16-26-9-11-27(12-10-26)23-8-6-5-7-18(23)3/h5-8,13-15,17H,9-12,16H2,1-4H3. The van der Waals surface area contributed by atoms with E-state index in [0.717, 1.165) is 43.7 Å². The maximum absolute atomic E-state index is 12.2. The van der Waals surface area contributed by atoms with Gasteiger partial charge >= 0.3 is 5.63 Å². The van der Waals surface area contributed by atoms with Gasteiger partial charge in [0.2, 0.25) is 0 Å². The van der Waals surface area contributed by atoms with Crippen LogP contribution in [0.3, 0.4) is 0 Å². The van der Waals surface area contributed by atoms with Crippen LogP contribution in [-0.4, -0.2) is 31.1 Å². The van der Waals surface area contributed by atoms with Gasteiger partial charge in [0.1, 0.15) is 5.58 Å². The van der Waals surface area contributed by atoms with Gasteiger partial charge in [-0.25, -0.2) is 4.79 Å². The molecule has 0 radical (unpaired) electrons. The number of hydrogen-bond acceptors (Lipinski definition) is 4. The number of hydrogen-bond donors (Lipinski definition) is 0. The normalized spacial score (nSPS) is 15.4. The van der Waals surface area contributed by atoms with Crippen LogP contribution < -0.4 is 10.5 Å². The van der Waals surface area contributed by atoms with Gasteiger partial charge in [0.05, 0.1) is 0 Å². The molecule has 0 unspecified atom stereocenters. The van der Waals surface area contributed by atoms with Gasteiger partial charge in [0.15, 0.2) is 0 Å². The summed E-state index contributed by atoms with van der Waals surface area (Å²) < 4.78 is 5.51. The van der Waals surface area contributed by atoms with Gasteiger partial charge in [0, 0.05) is 49.9 Å². The molecule has 0 amide bonds. The van der Waals surface area contributed by atoms with Gasteiger partial charge < -0.3 is 9.32 Å². The number of anilines is 1. The molecular weight excluding hydrogens is 360 g/mol. The van der Waals surface area contributed by atoms with Crippen LogP contribution in [0.5, 0.6) is 0 Å². The van der Waals surface area contributed by atoms with Gasteiger partial charge in [-0.3, -0.25) is 4.90 Å². The topological polar surface area (TPSA) is 36.7 Å². The highest BCUT2D eigenvalue weighted by molar-refractivity contribution is 5.82. The van der Waals surface area contributed by atoms with E-state index in [-0.39, 0.29) is 5.63 Å². The van der Waals surface area contributed by atoms with Crippen LogP contribution >= 0.6 is 0 Å². The molecule has 29 heavy (non-hydrogen) atoms. The molecule has 0 saturated carbocycles. The second kappa shape index (κ2) is 8.03. The highest BCUT2D eigenvalue weighted by atomic mass is 16.4. The molecule has 1 aliphatic heterocycles. The summed E-state index contributed by atoms with van der Waals surface area (Å²) in [4.78, 5) is 17.1. The lowest BCUT2D eigenvalue weighted by Crippen LogP contribution is -2.46. The number of piperazine rings is 1. The fraction of sp³-hybridized carbons (Fsp3) is 0.400. The van der Waals surface area contributed by atoms with E-state index in [9.17, 15) is 4.79 Å². The monoisotopic (exact) mass is 390 g/mol. The first-order chi connectivity index (χ1) is 13.9. The lowest BCUT2D eigenvalue weighted by Gasteiger charge is -2.37. The molecule has 152 valence electrons. The zero-order valence-electron chi connectivity index (χ0n) is 17.9. The van der Waals surface area contributed by atoms with Crippen molar-refractivity contribution in [3.63, 3.8) is 0 Å². The van der Waals surface area contributed by atoms with E-state index >= 15 is 0 Å². The van der Waals surface area contributed by atoms with Crippen molar-refractivity contribution in [1.29, 1.82) is 0 Å². The molecular formula is C25H30N2O2. The zero-order chi connectivity index (χ0) is 20.5. The molecule has 3 aromatic rings. The average molecular weight is 391 g/mol. The molecule has 0 atom stereocenters. The Morgan fingerprint density at radius 3 is 2.38 bits per heavy atom. The van der Waals surface area contributed by atoms with E-state index in [1.807, 2.05) is 6.07 Å². The van der Waals surface area contributed by atoms with E-state index in [2.05, 4.69) is 67.8 Å². The highest BCUT2D eigenvalue weighted by Gasteiger charge is 2.20. The molecule has 1 aromatic heterocycles. The van der Waals surface area contributed by atoms with Crippen molar-refractivity contribution in [3.8, 4) is 0 Å². The van der Waals surface area contributed by atoms with Crippen LogP contribution in [0.25, 0.3) is 11.0 Å². The summed E-state index contributed by atoms with van der Waals surface area (Å²) in [6, 6.07) is 14.5. The second-order valence-electron chi connectivity index (χ2n) is 8.50. The van der Waals surface area contributed by atoms with Crippen molar-refractivity contribution < 1.29 is 4.42 Å². The van der Waals surface area contributed by atoms with E-state index in [1.165, 1.54) is 22.4 Å². The summed E-state index contributed by atoms with van der Waals surface area (Å²) in [5, 5.41) is 1.07. The van der Waals surface area contributed by atoms with Crippen molar-refractivity contribution in [2.75, 3.05) is 31.1 Å². The number of benzene rings is 2. The van der Waals surface area contributed by atoms with Gasteiger partial charge in [0.25, 0.3) is 0 Å². The lowest BCUT2D eigenvalue weighted by atomic mass is 9.95. The van der Waals surface area contributed by atoms with Crippen molar-refractivity contribution in [1.82, 2.24) is 4.90 Å². The Hall–Kier alpha value is -2.59. The Morgan fingerprint density at radius 2 is 1.69 bits per heavy atom. The SMILES string of the molecule is Cc1cc2oc(=O)cc(CN3CCN(c4ccccc4C)CC3)c2cc1C(C)C. The number of nitrogens with zero attached hydrogens (tertiary/aromatic N) is 2. The van der Waals surface area contributed by atoms with Crippen LogP contribution in [-0.2, 0) is 6.54 Å². The van der Waals surface area contributed by atoms with Crippen molar-refractivity contribution in [2.45, 2.75) is 40.2 Å². The first-order valence-corrected chi connectivity index (χ1v) is 10.5. The number of rotatable bonds is 4. The molecule has 0 bridgehead atoms. The third-order valence-electron chi connectivity index (χ3n) is 6.06. The predicted octanol–water partition coefficient (Wildman–Crippen LogP) is 4.86. The number of aryl methyl sites for hydroxylation is 2. The lowest BCUT2D eigenvalue weighted by molar-refractivity contribution is 0.250. The molecule has 2 aromatic carbocycles. The molecule has 0 aliphatic carbocycles. The largest absolute Gasteiger partial charge is 0.423 e. The second-order valence-corrected chi connectivity index (χ2v) is 8.50. The Labute approximate surface area is 172 Å². The van der Waals surface area contributed by atoms with Crippen molar-refractivity contribution >= 4 is 16.7 Å². The van der Waals surface area contributed by atoms with E-state index in [1.54, 1.807) is 6.07 Å². The molecule has 2 heterocycles. The third kappa shape index (κ3) is 4.08. The van der Waals surface area contributed by atoms with Crippen LogP contribution in [0, 0.1) is 13.8 Å². The summed E-state index contributed by atoms with van der Waals surface area (Å²) in [6.07, 6.45) is 0. The maximum Gasteiger partial charge on any atom is 0.336 e. The Kier molecular flexibility index (Phi) is 5.46. The van der Waals surface area contributed by atoms with E-state index in [4.69, 9.17) is 4.42 Å². The summed E-state index contributed by atoms with van der Waals surface area (Å²) in [5.41, 5.74) is 6.66. The van der Waals surface area contributed by atoms with Crippen molar-refractivity contribution in [3.05, 3.63) is 75.1 Å². The summed E-state index contributed by atoms with van der Waals surface area (Å²) in [7, 11) is 0. The van der Waals surface area contributed by atoms with Gasteiger partial charge in [-0.2, -0.15) is 0 Å². The predicted molar refractivity (Wildman–Crippen MR) is 120 cm³/mol. The van der Waals surface area contributed by atoms with Gasteiger partial charge in [-0.05, 0) is 60.2 Å². The fourth-order valence-electron chi connectivity index (χ4n) is 4.45. The molecule has 0 spiro atoms. The molecule has 1 saturated heterocycles. The molecule has 1 fully saturated rings. The zero-order valence-corrected chi connectivity index (χ0v) is 17.9. The number of para-hydroxylation sites is 1. The van der Waals surface area contributed by atoms with E-state index in [0.29, 0.717) is 11.5 Å². The summed E-state index contributed by atoms with van der Waals surface area (Å²) in [6.45, 7) is 13.4. The Balaban J connectivity index is 1.56. The average Bonchev–Trinajstić information content (AvgIpc) is 2.68. The summed E-state index contributed by atoms with van der Waals surface area (Å²) >= 11 is 0. The Morgan fingerprint density at radius 1 is 0.966 bits per heavy atom. The Bertz CT molecular complexity index is 1080. The fourth-order valence-corrected chi connectivity index (χ4v) is 4.45. The van der Waals surface area contributed by atoms with E-state index < -0.39 is 0 Å². The molecule has 4 nitrogen and oxygen atoms in total. The van der Waals surface area contributed by atoms with Crippen LogP contribution in [0.15, 0.2) is 51.7 Å². The maximum atomic E-state index is 12.2. The first-order valence-electron chi connectivity index (χ1n) is 10.5. The minimum Gasteiger partial charge on any atom is -0.423 e. The van der Waals surface area contributed by atoms with Crippen LogP contribution in [0.1, 0.15) is 42.0 Å².